The van der Waals surface area contributed by atoms with E-state index in [4.69, 9.17) is 0 Å². The average molecular weight is 329 g/mol. The molecular formula is C18H23N3OS. The van der Waals surface area contributed by atoms with E-state index in [0.717, 1.165) is 22.4 Å². The molecule has 3 aliphatic heterocycles. The number of hydrogen-bond donors (Lipinski definition) is 1. The van der Waals surface area contributed by atoms with Crippen LogP contribution in [0, 0.1) is 5.92 Å². The third-order valence-corrected chi connectivity index (χ3v) is 6.47. The van der Waals surface area contributed by atoms with Crippen LogP contribution >= 0.6 is 11.5 Å². The lowest BCUT2D eigenvalue weighted by Crippen LogP contribution is -2.62. The third-order valence-electron chi connectivity index (χ3n) is 5.62. The molecule has 3 fully saturated rings. The largest absolute Gasteiger partial charge is 0.347 e. The lowest BCUT2D eigenvalue weighted by molar-refractivity contribution is 0.0217. The van der Waals surface area contributed by atoms with Crippen LogP contribution in [0.3, 0.4) is 0 Å². The Bertz CT molecular complexity index is 731. The summed E-state index contributed by atoms with van der Waals surface area (Å²) in [6, 6.07) is 6.72. The van der Waals surface area contributed by atoms with Gasteiger partial charge < -0.3 is 5.32 Å². The Morgan fingerprint density at radius 1 is 1.39 bits per heavy atom. The second-order valence-corrected chi connectivity index (χ2v) is 7.61. The summed E-state index contributed by atoms with van der Waals surface area (Å²) in [5.41, 5.74) is 1.88. The number of fused-ring (bicyclic) bond motifs is 4. The van der Waals surface area contributed by atoms with Crippen molar-refractivity contribution >= 4 is 27.5 Å². The van der Waals surface area contributed by atoms with Crippen molar-refractivity contribution < 1.29 is 4.79 Å². The molecule has 1 amide bonds. The van der Waals surface area contributed by atoms with Crippen LogP contribution in [0.4, 0.5) is 0 Å². The van der Waals surface area contributed by atoms with Gasteiger partial charge in [-0.05, 0) is 68.9 Å². The van der Waals surface area contributed by atoms with Gasteiger partial charge in [-0.2, -0.15) is 4.37 Å². The van der Waals surface area contributed by atoms with Crippen LogP contribution < -0.4 is 5.32 Å². The predicted molar refractivity (Wildman–Crippen MR) is 94.0 cm³/mol. The van der Waals surface area contributed by atoms with E-state index in [0.29, 0.717) is 12.0 Å². The topological polar surface area (TPSA) is 45.2 Å². The molecule has 0 aliphatic carbocycles. The zero-order valence-electron chi connectivity index (χ0n) is 13.7. The fraction of sp³-hybridized carbons (Fsp3) is 0.556. The van der Waals surface area contributed by atoms with Crippen LogP contribution in [0.25, 0.3) is 10.1 Å². The summed E-state index contributed by atoms with van der Waals surface area (Å²) in [4.78, 5) is 15.2. The smallest absolute Gasteiger partial charge is 0.251 e. The van der Waals surface area contributed by atoms with Crippen molar-refractivity contribution in [1.82, 2.24) is 14.6 Å². The Labute approximate surface area is 141 Å². The molecule has 23 heavy (non-hydrogen) atoms. The van der Waals surface area contributed by atoms with Crippen molar-refractivity contribution in [2.24, 2.45) is 5.92 Å². The Morgan fingerprint density at radius 2 is 2.17 bits per heavy atom. The maximum atomic E-state index is 12.7. The Hall–Kier alpha value is -1.46. The van der Waals surface area contributed by atoms with Gasteiger partial charge in [0.1, 0.15) is 0 Å². The quantitative estimate of drug-likeness (QED) is 0.941. The molecule has 2 bridgehead atoms. The number of nitrogens with zero attached hydrogens (tertiary/aromatic N) is 2. The van der Waals surface area contributed by atoms with Crippen molar-refractivity contribution in [3.8, 4) is 0 Å². The molecule has 4 nitrogen and oxygen atoms in total. The number of piperidine rings is 3. The summed E-state index contributed by atoms with van der Waals surface area (Å²) < 4.78 is 5.58. The number of aromatic nitrogens is 1. The summed E-state index contributed by atoms with van der Waals surface area (Å²) in [5, 5.41) is 4.49. The average Bonchev–Trinajstić information content (AvgIpc) is 3.00. The summed E-state index contributed by atoms with van der Waals surface area (Å²) in [6.45, 7) is 6.73. The van der Waals surface area contributed by atoms with E-state index in [-0.39, 0.29) is 11.9 Å². The standard InChI is InChI=1S/C18H23N3OS/c1-3-15-14-5-4-13(10-16(14)23-20-15)18(22)19-17-11(2)21-8-6-12(17)7-9-21/h4-5,10-12,17H,3,6-9H2,1-2H3,(H,19,22)/t11-,17-/m0/s1. The van der Waals surface area contributed by atoms with E-state index in [1.165, 1.54) is 42.8 Å². The van der Waals surface area contributed by atoms with E-state index in [9.17, 15) is 4.79 Å². The van der Waals surface area contributed by atoms with Crippen molar-refractivity contribution in [3.63, 3.8) is 0 Å². The molecule has 2 aromatic rings. The Balaban J connectivity index is 1.55. The second kappa shape index (κ2) is 5.87. The molecule has 1 aromatic carbocycles. The van der Waals surface area contributed by atoms with E-state index < -0.39 is 0 Å². The zero-order valence-corrected chi connectivity index (χ0v) is 14.5. The molecule has 1 aromatic heterocycles. The minimum atomic E-state index is 0.0592. The van der Waals surface area contributed by atoms with Crippen LogP contribution in [0.5, 0.6) is 0 Å². The van der Waals surface area contributed by atoms with Crippen LogP contribution in [0.1, 0.15) is 42.7 Å². The zero-order chi connectivity index (χ0) is 16.0. The first-order valence-corrected chi connectivity index (χ1v) is 9.38. The highest BCUT2D eigenvalue weighted by atomic mass is 32.1. The van der Waals surface area contributed by atoms with Gasteiger partial charge in [-0.1, -0.05) is 13.0 Å². The van der Waals surface area contributed by atoms with Gasteiger partial charge in [0.25, 0.3) is 5.91 Å². The molecule has 5 heteroatoms. The van der Waals surface area contributed by atoms with Gasteiger partial charge in [0.15, 0.2) is 0 Å². The van der Waals surface area contributed by atoms with Gasteiger partial charge in [0.05, 0.1) is 10.4 Å². The van der Waals surface area contributed by atoms with Crippen LogP contribution in [0.2, 0.25) is 0 Å². The molecule has 2 atom stereocenters. The van der Waals surface area contributed by atoms with Gasteiger partial charge in [-0.15, -0.1) is 0 Å². The van der Waals surface area contributed by atoms with Crippen molar-refractivity contribution in [2.45, 2.75) is 45.2 Å². The Morgan fingerprint density at radius 3 is 2.87 bits per heavy atom. The third kappa shape index (κ3) is 2.56. The van der Waals surface area contributed by atoms with Crippen molar-refractivity contribution in [1.29, 1.82) is 0 Å². The number of rotatable bonds is 3. The minimum Gasteiger partial charge on any atom is -0.347 e. The molecule has 4 heterocycles. The molecular weight excluding hydrogens is 306 g/mol. The highest BCUT2D eigenvalue weighted by Gasteiger charge is 2.40. The highest BCUT2D eigenvalue weighted by Crippen LogP contribution is 2.32. The molecule has 0 radical (unpaired) electrons. The van der Waals surface area contributed by atoms with Crippen molar-refractivity contribution in [2.75, 3.05) is 13.1 Å². The van der Waals surface area contributed by atoms with Gasteiger partial charge in [0.2, 0.25) is 0 Å². The fourth-order valence-corrected chi connectivity index (χ4v) is 5.07. The molecule has 0 unspecified atom stereocenters. The van der Waals surface area contributed by atoms with E-state index in [1.54, 1.807) is 0 Å². The number of benzene rings is 1. The normalized spacial score (nSPS) is 29.8. The van der Waals surface area contributed by atoms with E-state index in [1.807, 2.05) is 18.2 Å². The first-order valence-electron chi connectivity index (χ1n) is 8.60. The monoisotopic (exact) mass is 329 g/mol. The number of carbonyl (C=O) groups is 1. The first kappa shape index (κ1) is 15.1. The molecule has 0 saturated carbocycles. The number of carbonyl (C=O) groups excluding carboxylic acids is 1. The van der Waals surface area contributed by atoms with Gasteiger partial charge in [-0.3, -0.25) is 9.69 Å². The number of aryl methyl sites for hydroxylation is 1. The van der Waals surface area contributed by atoms with Crippen LogP contribution in [-0.4, -0.2) is 40.4 Å². The highest BCUT2D eigenvalue weighted by molar-refractivity contribution is 7.13. The summed E-state index contributed by atoms with van der Waals surface area (Å²) in [6.07, 6.45) is 3.36. The van der Waals surface area contributed by atoms with Crippen LogP contribution in [0.15, 0.2) is 18.2 Å². The molecule has 0 spiro atoms. The summed E-state index contributed by atoms with van der Waals surface area (Å²) >= 11 is 1.49. The molecule has 3 aliphatic rings. The lowest BCUT2D eigenvalue weighted by atomic mass is 9.79. The van der Waals surface area contributed by atoms with Crippen molar-refractivity contribution in [3.05, 3.63) is 29.5 Å². The lowest BCUT2D eigenvalue weighted by Gasteiger charge is -2.49. The fourth-order valence-electron chi connectivity index (χ4n) is 4.17. The van der Waals surface area contributed by atoms with Gasteiger partial charge >= 0.3 is 0 Å². The first-order chi connectivity index (χ1) is 11.2. The molecule has 5 rings (SSSR count). The minimum absolute atomic E-state index is 0.0592. The Kier molecular flexibility index (Phi) is 3.85. The molecule has 1 N–H and O–H groups in total. The van der Waals surface area contributed by atoms with E-state index >= 15 is 0 Å². The van der Waals surface area contributed by atoms with Gasteiger partial charge in [0, 0.05) is 23.0 Å². The predicted octanol–water partition coefficient (Wildman–Crippen LogP) is 3.07. The molecule has 122 valence electrons. The maximum absolute atomic E-state index is 12.7. The number of amides is 1. The number of nitrogens with one attached hydrogen (secondary N) is 1. The summed E-state index contributed by atoms with van der Waals surface area (Å²) in [5.74, 6) is 0.696. The molecule has 3 saturated heterocycles. The number of hydrogen-bond acceptors (Lipinski definition) is 4. The van der Waals surface area contributed by atoms with E-state index in [2.05, 4.69) is 28.4 Å². The van der Waals surface area contributed by atoms with Gasteiger partial charge in [-0.25, -0.2) is 0 Å². The van der Waals surface area contributed by atoms with Crippen LogP contribution in [-0.2, 0) is 6.42 Å². The summed E-state index contributed by atoms with van der Waals surface area (Å²) in [7, 11) is 0. The maximum Gasteiger partial charge on any atom is 0.251 e. The SMILES string of the molecule is CCc1nsc2cc(C(=O)N[C@@H]3C4CCN(CC4)[C@H]3C)ccc12. The second-order valence-electron chi connectivity index (χ2n) is 6.81.